The van der Waals surface area contributed by atoms with E-state index < -0.39 is 0 Å². The van der Waals surface area contributed by atoms with E-state index >= 15 is 0 Å². The molecule has 20 heavy (non-hydrogen) atoms. The molecule has 0 bridgehead atoms. The lowest BCUT2D eigenvalue weighted by Crippen LogP contribution is -2.19. The molecule has 3 nitrogen and oxygen atoms in total. The number of para-hydroxylation sites is 2. The Balaban J connectivity index is 2.20. The van der Waals surface area contributed by atoms with E-state index in [1.165, 1.54) is 0 Å². The Morgan fingerprint density at radius 3 is 2.15 bits per heavy atom. The van der Waals surface area contributed by atoms with Gasteiger partial charge in [-0.2, -0.15) is 0 Å². The Bertz CT molecular complexity index is 732. The zero-order valence-corrected chi connectivity index (χ0v) is 11.9. The molecule has 0 fully saturated rings. The first-order valence-electron chi connectivity index (χ1n) is 6.40. The van der Waals surface area contributed by atoms with Crippen LogP contribution in [0.15, 0.2) is 53.4 Å². The first-order valence-corrected chi connectivity index (χ1v) is 7.39. The molecule has 1 amide bonds. The van der Waals surface area contributed by atoms with Crippen molar-refractivity contribution >= 4 is 39.5 Å². The van der Waals surface area contributed by atoms with Crippen LogP contribution in [0.3, 0.4) is 0 Å². The molecule has 0 spiro atoms. The second-order valence-electron chi connectivity index (χ2n) is 4.44. The second kappa shape index (κ2) is 5.51. The smallest absolute Gasteiger partial charge is 0.230 e. The van der Waals surface area contributed by atoms with Crippen molar-refractivity contribution < 1.29 is 4.79 Å². The molecule has 0 radical (unpaired) electrons. The summed E-state index contributed by atoms with van der Waals surface area (Å²) >= 11 is 1.56. The van der Waals surface area contributed by atoms with Crippen LogP contribution in [0.1, 0.15) is 0 Å². The van der Waals surface area contributed by atoms with Crippen molar-refractivity contribution in [1.29, 1.82) is 0 Å². The first kappa shape index (κ1) is 12.9. The van der Waals surface area contributed by atoms with Crippen LogP contribution in [0.4, 0.5) is 0 Å². The van der Waals surface area contributed by atoms with Gasteiger partial charge >= 0.3 is 0 Å². The largest absolute Gasteiger partial charge is 0.358 e. The zero-order chi connectivity index (χ0) is 13.9. The van der Waals surface area contributed by atoms with Crippen LogP contribution >= 0.6 is 11.8 Å². The number of benzene rings is 2. The Morgan fingerprint density at radius 1 is 1.05 bits per heavy atom. The number of nitrogens with one attached hydrogen (secondary N) is 1. The second-order valence-corrected chi connectivity index (χ2v) is 5.42. The number of aromatic nitrogens is 1. The number of carbonyl (C=O) groups excluding carboxylic acids is 1. The fourth-order valence-electron chi connectivity index (χ4n) is 2.17. The number of rotatable bonds is 3. The van der Waals surface area contributed by atoms with Gasteiger partial charge in [-0.1, -0.05) is 36.4 Å². The number of nitrogens with zero attached hydrogens (tertiary/aromatic N) is 1. The highest BCUT2D eigenvalue weighted by Gasteiger charge is 2.10. The van der Waals surface area contributed by atoms with Crippen molar-refractivity contribution in [3.8, 4) is 0 Å². The fourth-order valence-corrected chi connectivity index (χ4v) is 3.24. The molecule has 3 aromatic rings. The average Bonchev–Trinajstić information content (AvgIpc) is 2.51. The summed E-state index contributed by atoms with van der Waals surface area (Å²) in [6.07, 6.45) is 0. The van der Waals surface area contributed by atoms with Gasteiger partial charge in [0, 0.05) is 22.7 Å². The minimum Gasteiger partial charge on any atom is -0.358 e. The number of hydrogen-bond donors (Lipinski definition) is 1. The zero-order valence-electron chi connectivity index (χ0n) is 11.1. The molecule has 4 heteroatoms. The lowest BCUT2D eigenvalue weighted by atomic mass is 10.1. The highest BCUT2D eigenvalue weighted by Crippen LogP contribution is 2.33. The third-order valence-electron chi connectivity index (χ3n) is 3.16. The van der Waals surface area contributed by atoms with Crippen molar-refractivity contribution in [2.24, 2.45) is 0 Å². The maximum atomic E-state index is 11.5. The SMILES string of the molecule is CNC(=O)CSc1c2ccccc2nc2ccccc12. The first-order chi connectivity index (χ1) is 9.79. The van der Waals surface area contributed by atoms with Crippen LogP contribution < -0.4 is 5.32 Å². The molecule has 0 saturated heterocycles. The molecule has 100 valence electrons. The lowest BCUT2D eigenvalue weighted by molar-refractivity contribution is -0.118. The van der Waals surface area contributed by atoms with Gasteiger partial charge in [-0.05, 0) is 12.1 Å². The summed E-state index contributed by atoms with van der Waals surface area (Å²) in [5.74, 6) is 0.439. The van der Waals surface area contributed by atoms with E-state index in [9.17, 15) is 4.79 Å². The normalized spacial score (nSPS) is 10.8. The molecule has 0 saturated carbocycles. The van der Waals surface area contributed by atoms with Crippen LogP contribution in [-0.2, 0) is 4.79 Å². The van der Waals surface area contributed by atoms with Gasteiger partial charge in [-0.3, -0.25) is 4.79 Å². The van der Waals surface area contributed by atoms with Crippen LogP contribution in [0.5, 0.6) is 0 Å². The van der Waals surface area contributed by atoms with Crippen LogP contribution in [0.25, 0.3) is 21.8 Å². The summed E-state index contributed by atoms with van der Waals surface area (Å²) < 4.78 is 0. The number of hydrogen-bond acceptors (Lipinski definition) is 3. The van der Waals surface area contributed by atoms with Gasteiger partial charge in [0.05, 0.1) is 16.8 Å². The fraction of sp³-hybridized carbons (Fsp3) is 0.125. The van der Waals surface area contributed by atoms with Gasteiger partial charge in [0.25, 0.3) is 0 Å². The van der Waals surface area contributed by atoms with E-state index in [4.69, 9.17) is 0 Å². The van der Waals surface area contributed by atoms with Crippen LogP contribution in [-0.4, -0.2) is 23.7 Å². The number of pyridine rings is 1. The van der Waals surface area contributed by atoms with E-state index in [1.54, 1.807) is 18.8 Å². The van der Waals surface area contributed by atoms with Crippen molar-refractivity contribution in [3.05, 3.63) is 48.5 Å². The summed E-state index contributed by atoms with van der Waals surface area (Å²) in [4.78, 5) is 17.3. The summed E-state index contributed by atoms with van der Waals surface area (Å²) in [6, 6.07) is 16.1. The predicted molar refractivity (Wildman–Crippen MR) is 84.0 cm³/mol. The van der Waals surface area contributed by atoms with Crippen molar-refractivity contribution in [3.63, 3.8) is 0 Å². The molecule has 1 N–H and O–H groups in total. The summed E-state index contributed by atoms with van der Waals surface area (Å²) in [6.45, 7) is 0. The molecular weight excluding hydrogens is 268 g/mol. The number of carbonyl (C=O) groups is 1. The third kappa shape index (κ3) is 2.34. The van der Waals surface area contributed by atoms with Gasteiger partial charge in [-0.15, -0.1) is 11.8 Å². The molecule has 0 atom stereocenters. The molecule has 1 aromatic heterocycles. The summed E-state index contributed by atoms with van der Waals surface area (Å²) in [7, 11) is 1.66. The maximum Gasteiger partial charge on any atom is 0.230 e. The lowest BCUT2D eigenvalue weighted by Gasteiger charge is -2.09. The predicted octanol–water partition coefficient (Wildman–Crippen LogP) is 3.23. The molecule has 1 heterocycles. The molecule has 0 aliphatic heterocycles. The van der Waals surface area contributed by atoms with Crippen molar-refractivity contribution in [1.82, 2.24) is 10.3 Å². The standard InChI is InChI=1S/C16H14N2OS/c1-17-15(19)10-20-16-11-6-2-4-8-13(11)18-14-9-5-3-7-12(14)16/h2-9H,10H2,1H3,(H,17,19). The molecular formula is C16H14N2OS. The Labute approximate surface area is 121 Å². The monoisotopic (exact) mass is 282 g/mol. The van der Waals surface area contributed by atoms with E-state index in [2.05, 4.69) is 22.4 Å². The number of fused-ring (bicyclic) bond motifs is 2. The Kier molecular flexibility index (Phi) is 3.56. The molecule has 0 aliphatic rings. The minimum absolute atomic E-state index is 0.0278. The van der Waals surface area contributed by atoms with Crippen molar-refractivity contribution in [2.45, 2.75) is 4.90 Å². The highest BCUT2D eigenvalue weighted by atomic mass is 32.2. The van der Waals surface area contributed by atoms with Gasteiger partial charge in [0.1, 0.15) is 0 Å². The average molecular weight is 282 g/mol. The molecule has 0 aliphatic carbocycles. The molecule has 2 aromatic carbocycles. The van der Waals surface area contributed by atoms with E-state index in [1.807, 2.05) is 36.4 Å². The number of amides is 1. The van der Waals surface area contributed by atoms with Gasteiger partial charge in [-0.25, -0.2) is 4.98 Å². The topological polar surface area (TPSA) is 42.0 Å². The summed E-state index contributed by atoms with van der Waals surface area (Å²) in [5, 5.41) is 4.85. The van der Waals surface area contributed by atoms with Crippen LogP contribution in [0.2, 0.25) is 0 Å². The third-order valence-corrected chi connectivity index (χ3v) is 4.30. The quantitative estimate of drug-likeness (QED) is 0.592. The van der Waals surface area contributed by atoms with Gasteiger partial charge in [0.15, 0.2) is 0 Å². The Morgan fingerprint density at radius 2 is 1.60 bits per heavy atom. The molecule has 3 rings (SSSR count). The summed E-state index contributed by atoms with van der Waals surface area (Å²) in [5.41, 5.74) is 1.93. The van der Waals surface area contributed by atoms with E-state index in [0.29, 0.717) is 5.75 Å². The van der Waals surface area contributed by atoms with Crippen LogP contribution in [0, 0.1) is 0 Å². The van der Waals surface area contributed by atoms with Gasteiger partial charge in [0.2, 0.25) is 5.91 Å². The van der Waals surface area contributed by atoms with Gasteiger partial charge < -0.3 is 5.32 Å². The van der Waals surface area contributed by atoms with E-state index in [0.717, 1.165) is 26.7 Å². The maximum absolute atomic E-state index is 11.5. The minimum atomic E-state index is 0.0278. The van der Waals surface area contributed by atoms with E-state index in [-0.39, 0.29) is 5.91 Å². The highest BCUT2D eigenvalue weighted by molar-refractivity contribution is 8.00. The number of thioether (sulfide) groups is 1. The Hall–Kier alpha value is -2.07. The molecule has 0 unspecified atom stereocenters. The van der Waals surface area contributed by atoms with Crippen molar-refractivity contribution in [2.75, 3.05) is 12.8 Å².